The van der Waals surface area contributed by atoms with Gasteiger partial charge in [0.15, 0.2) is 0 Å². The van der Waals surface area contributed by atoms with Gasteiger partial charge in [0.2, 0.25) is 0 Å². The molecule has 0 fully saturated rings. The van der Waals surface area contributed by atoms with Crippen molar-refractivity contribution < 1.29 is 4.74 Å². The highest BCUT2D eigenvalue weighted by molar-refractivity contribution is 5.51. The molecule has 1 aliphatic heterocycles. The number of nitriles is 1. The zero-order valence-corrected chi connectivity index (χ0v) is 8.79. The summed E-state index contributed by atoms with van der Waals surface area (Å²) in [5, 5.41) is 11.7. The Morgan fingerprint density at radius 3 is 3.20 bits per heavy atom. The number of anilines is 1. The van der Waals surface area contributed by atoms with E-state index in [0.29, 0.717) is 6.42 Å². The summed E-state index contributed by atoms with van der Waals surface area (Å²) < 4.78 is 5.72. The summed E-state index contributed by atoms with van der Waals surface area (Å²) in [6, 6.07) is 8.23. The van der Waals surface area contributed by atoms with Crippen LogP contribution in [0.25, 0.3) is 0 Å². The molecule has 1 unspecified atom stereocenters. The van der Waals surface area contributed by atoms with Crippen LogP contribution in [0.1, 0.15) is 18.4 Å². The Balaban J connectivity index is 2.18. The summed E-state index contributed by atoms with van der Waals surface area (Å²) in [6.07, 6.45) is 2.49. The van der Waals surface area contributed by atoms with Crippen LogP contribution in [-0.2, 0) is 6.42 Å². The van der Waals surface area contributed by atoms with Gasteiger partial charge in [-0.25, -0.2) is 0 Å². The SMILES string of the molecule is CNc1ccc2c(c1)CCC(CC#N)O2. The topological polar surface area (TPSA) is 45.0 Å². The van der Waals surface area contributed by atoms with Crippen LogP contribution < -0.4 is 10.1 Å². The fourth-order valence-electron chi connectivity index (χ4n) is 1.85. The molecule has 1 aliphatic rings. The first-order valence-electron chi connectivity index (χ1n) is 5.18. The van der Waals surface area contributed by atoms with E-state index < -0.39 is 0 Å². The predicted molar refractivity (Wildman–Crippen MR) is 59.0 cm³/mol. The Morgan fingerprint density at radius 2 is 2.47 bits per heavy atom. The molecule has 1 atom stereocenters. The Kier molecular flexibility index (Phi) is 2.77. The van der Waals surface area contributed by atoms with E-state index in [9.17, 15) is 0 Å². The van der Waals surface area contributed by atoms with Crippen molar-refractivity contribution >= 4 is 5.69 Å². The van der Waals surface area contributed by atoms with Gasteiger partial charge < -0.3 is 10.1 Å². The van der Waals surface area contributed by atoms with Crippen molar-refractivity contribution in [3.63, 3.8) is 0 Å². The first-order chi connectivity index (χ1) is 7.33. The number of ether oxygens (including phenoxy) is 1. The van der Waals surface area contributed by atoms with Crippen molar-refractivity contribution in [1.82, 2.24) is 0 Å². The number of benzene rings is 1. The van der Waals surface area contributed by atoms with Crippen molar-refractivity contribution in [3.05, 3.63) is 23.8 Å². The third-order valence-corrected chi connectivity index (χ3v) is 2.70. The quantitative estimate of drug-likeness (QED) is 0.800. The number of hydrogen-bond acceptors (Lipinski definition) is 3. The summed E-state index contributed by atoms with van der Waals surface area (Å²) in [5.74, 6) is 0.931. The third-order valence-electron chi connectivity index (χ3n) is 2.70. The molecule has 0 saturated heterocycles. The summed E-state index contributed by atoms with van der Waals surface area (Å²) >= 11 is 0. The minimum absolute atomic E-state index is 0.0722. The summed E-state index contributed by atoms with van der Waals surface area (Å²) in [4.78, 5) is 0. The number of fused-ring (bicyclic) bond motifs is 1. The number of nitrogens with one attached hydrogen (secondary N) is 1. The average molecular weight is 202 g/mol. The summed E-state index contributed by atoms with van der Waals surface area (Å²) in [6.45, 7) is 0. The van der Waals surface area contributed by atoms with Gasteiger partial charge in [-0.05, 0) is 36.6 Å². The minimum Gasteiger partial charge on any atom is -0.489 e. The number of hydrogen-bond donors (Lipinski definition) is 1. The Morgan fingerprint density at radius 1 is 1.60 bits per heavy atom. The molecule has 0 aromatic heterocycles. The fraction of sp³-hybridized carbons (Fsp3) is 0.417. The van der Waals surface area contributed by atoms with E-state index in [1.165, 1.54) is 5.56 Å². The van der Waals surface area contributed by atoms with Gasteiger partial charge in [-0.1, -0.05) is 0 Å². The predicted octanol–water partition coefficient (Wildman–Crippen LogP) is 2.34. The van der Waals surface area contributed by atoms with Gasteiger partial charge in [-0.15, -0.1) is 0 Å². The minimum atomic E-state index is 0.0722. The molecule has 3 heteroatoms. The molecule has 1 aromatic rings. The summed E-state index contributed by atoms with van der Waals surface area (Å²) in [5.41, 5.74) is 2.34. The normalized spacial score (nSPS) is 18.5. The lowest BCUT2D eigenvalue weighted by Gasteiger charge is -2.24. The zero-order valence-electron chi connectivity index (χ0n) is 8.79. The van der Waals surface area contributed by atoms with E-state index in [-0.39, 0.29) is 6.10 Å². The molecule has 0 saturated carbocycles. The van der Waals surface area contributed by atoms with Gasteiger partial charge in [-0.3, -0.25) is 0 Å². The molecule has 0 aliphatic carbocycles. The lowest BCUT2D eigenvalue weighted by atomic mass is 10.0. The van der Waals surface area contributed by atoms with E-state index in [1.54, 1.807) is 0 Å². The van der Waals surface area contributed by atoms with Crippen molar-refractivity contribution in [2.24, 2.45) is 0 Å². The second-order valence-corrected chi connectivity index (χ2v) is 3.71. The maximum atomic E-state index is 8.61. The molecule has 2 rings (SSSR count). The average Bonchev–Trinajstić information content (AvgIpc) is 2.29. The van der Waals surface area contributed by atoms with E-state index in [4.69, 9.17) is 10.00 Å². The van der Waals surface area contributed by atoms with Crippen LogP contribution in [0.3, 0.4) is 0 Å². The van der Waals surface area contributed by atoms with Crippen molar-refractivity contribution in [2.75, 3.05) is 12.4 Å². The van der Waals surface area contributed by atoms with Gasteiger partial charge in [0.25, 0.3) is 0 Å². The van der Waals surface area contributed by atoms with Gasteiger partial charge in [0.05, 0.1) is 12.5 Å². The van der Waals surface area contributed by atoms with Crippen LogP contribution >= 0.6 is 0 Å². The van der Waals surface area contributed by atoms with Crippen LogP contribution in [0.15, 0.2) is 18.2 Å². The maximum Gasteiger partial charge on any atom is 0.123 e. The molecule has 15 heavy (non-hydrogen) atoms. The van der Waals surface area contributed by atoms with Crippen molar-refractivity contribution in [1.29, 1.82) is 5.26 Å². The molecule has 0 radical (unpaired) electrons. The number of rotatable bonds is 2. The molecule has 1 N–H and O–H groups in total. The second kappa shape index (κ2) is 4.22. The van der Waals surface area contributed by atoms with Gasteiger partial charge in [0.1, 0.15) is 11.9 Å². The molecular formula is C12H14N2O. The van der Waals surface area contributed by atoms with Crippen LogP contribution in [-0.4, -0.2) is 13.2 Å². The first-order valence-corrected chi connectivity index (χ1v) is 5.18. The molecule has 0 amide bonds. The molecule has 78 valence electrons. The standard InChI is InChI=1S/C12H14N2O/c1-14-10-3-5-12-9(8-10)2-4-11(15-12)6-7-13/h3,5,8,11,14H,2,4,6H2,1H3. The van der Waals surface area contributed by atoms with Crippen molar-refractivity contribution in [2.45, 2.75) is 25.4 Å². The highest BCUT2D eigenvalue weighted by Gasteiger charge is 2.19. The molecule has 0 spiro atoms. The zero-order chi connectivity index (χ0) is 10.7. The molecule has 0 bridgehead atoms. The Hall–Kier alpha value is -1.69. The monoisotopic (exact) mass is 202 g/mol. The second-order valence-electron chi connectivity index (χ2n) is 3.71. The lowest BCUT2D eigenvalue weighted by molar-refractivity contribution is 0.178. The smallest absolute Gasteiger partial charge is 0.123 e. The maximum absolute atomic E-state index is 8.61. The van der Waals surface area contributed by atoms with Crippen LogP contribution in [0.4, 0.5) is 5.69 Å². The van der Waals surface area contributed by atoms with Gasteiger partial charge >= 0.3 is 0 Å². The molecule has 1 heterocycles. The molecule has 3 nitrogen and oxygen atoms in total. The van der Waals surface area contributed by atoms with E-state index in [2.05, 4.69) is 17.5 Å². The van der Waals surface area contributed by atoms with Crippen LogP contribution in [0, 0.1) is 11.3 Å². The van der Waals surface area contributed by atoms with E-state index in [1.807, 2.05) is 19.2 Å². The molecule has 1 aromatic carbocycles. The van der Waals surface area contributed by atoms with E-state index >= 15 is 0 Å². The van der Waals surface area contributed by atoms with Gasteiger partial charge in [-0.2, -0.15) is 5.26 Å². The highest BCUT2D eigenvalue weighted by Crippen LogP contribution is 2.30. The summed E-state index contributed by atoms with van der Waals surface area (Å²) in [7, 11) is 1.91. The molecular weight excluding hydrogens is 188 g/mol. The number of aryl methyl sites for hydroxylation is 1. The number of nitrogens with zero attached hydrogens (tertiary/aromatic N) is 1. The highest BCUT2D eigenvalue weighted by atomic mass is 16.5. The Labute approximate surface area is 89.7 Å². The van der Waals surface area contributed by atoms with Crippen LogP contribution in [0.5, 0.6) is 5.75 Å². The third kappa shape index (κ3) is 2.04. The Bertz CT molecular complexity index is 395. The van der Waals surface area contributed by atoms with Crippen molar-refractivity contribution in [3.8, 4) is 11.8 Å². The largest absolute Gasteiger partial charge is 0.489 e. The van der Waals surface area contributed by atoms with Gasteiger partial charge in [0, 0.05) is 12.7 Å². The van der Waals surface area contributed by atoms with Crippen LogP contribution in [0.2, 0.25) is 0 Å². The fourth-order valence-corrected chi connectivity index (χ4v) is 1.85. The lowest BCUT2D eigenvalue weighted by Crippen LogP contribution is -2.22. The van der Waals surface area contributed by atoms with E-state index in [0.717, 1.165) is 24.3 Å². The first kappa shape index (κ1) is 9.85.